The monoisotopic (exact) mass is 452 g/mol. The first-order valence-electron chi connectivity index (χ1n) is 11.8. The number of aryl methyl sites for hydroxylation is 1. The third-order valence-corrected chi connectivity index (χ3v) is 7.42. The fourth-order valence-electron chi connectivity index (χ4n) is 5.33. The fourth-order valence-corrected chi connectivity index (χ4v) is 5.33. The number of carbonyl (C=O) groups excluding carboxylic acids is 3. The third kappa shape index (κ3) is 3.92. The molecule has 0 bridgehead atoms. The third-order valence-electron chi connectivity index (χ3n) is 7.42. The molecule has 172 valence electrons. The summed E-state index contributed by atoms with van der Waals surface area (Å²) in [7, 11) is 0. The van der Waals surface area contributed by atoms with Crippen molar-refractivity contribution in [1.29, 1.82) is 0 Å². The molecule has 1 saturated carbocycles. The summed E-state index contributed by atoms with van der Waals surface area (Å²) in [6, 6.07) is 22.8. The van der Waals surface area contributed by atoms with Crippen LogP contribution in [-0.4, -0.2) is 17.7 Å². The molecule has 3 aromatic rings. The number of nitrogens with zero attached hydrogens (tertiary/aromatic N) is 1. The van der Waals surface area contributed by atoms with E-state index in [2.05, 4.69) is 17.4 Å². The van der Waals surface area contributed by atoms with Gasteiger partial charge in [-0.1, -0.05) is 48.5 Å². The zero-order valence-electron chi connectivity index (χ0n) is 19.5. The van der Waals surface area contributed by atoms with Crippen molar-refractivity contribution in [2.24, 2.45) is 11.8 Å². The highest BCUT2D eigenvalue weighted by Gasteiger charge is 2.50. The fraction of sp³-hybridized carbons (Fsp3) is 0.276. The predicted molar refractivity (Wildman–Crippen MR) is 133 cm³/mol. The average Bonchev–Trinajstić information content (AvgIpc) is 3.11. The number of hydrogen-bond donors (Lipinski definition) is 1. The number of amides is 3. The van der Waals surface area contributed by atoms with Gasteiger partial charge in [-0.3, -0.25) is 19.3 Å². The van der Waals surface area contributed by atoms with Crippen LogP contribution in [0.25, 0.3) is 0 Å². The van der Waals surface area contributed by atoms with Crippen LogP contribution < -0.4 is 10.2 Å². The minimum Gasteiger partial charge on any atom is -0.322 e. The molecule has 2 fully saturated rings. The second-order valence-corrected chi connectivity index (χ2v) is 9.40. The number of rotatable bonds is 4. The topological polar surface area (TPSA) is 66.5 Å². The highest BCUT2D eigenvalue weighted by atomic mass is 16.2. The van der Waals surface area contributed by atoms with Crippen LogP contribution >= 0.6 is 0 Å². The molecule has 1 aliphatic heterocycles. The lowest BCUT2D eigenvalue weighted by molar-refractivity contribution is -0.122. The zero-order valence-corrected chi connectivity index (χ0v) is 19.5. The van der Waals surface area contributed by atoms with Crippen LogP contribution in [0.5, 0.6) is 0 Å². The van der Waals surface area contributed by atoms with Crippen molar-refractivity contribution in [1.82, 2.24) is 0 Å². The Kier molecular flexibility index (Phi) is 5.78. The van der Waals surface area contributed by atoms with Gasteiger partial charge in [-0.05, 0) is 80.0 Å². The molecule has 1 aliphatic carbocycles. The Bertz CT molecular complexity index is 1270. The van der Waals surface area contributed by atoms with Crippen molar-refractivity contribution in [2.45, 2.75) is 39.0 Å². The van der Waals surface area contributed by atoms with E-state index in [1.807, 2.05) is 50.2 Å². The van der Waals surface area contributed by atoms with E-state index in [4.69, 9.17) is 0 Å². The van der Waals surface area contributed by atoms with E-state index in [9.17, 15) is 14.4 Å². The Morgan fingerprint density at radius 2 is 1.59 bits per heavy atom. The van der Waals surface area contributed by atoms with Crippen LogP contribution in [0.15, 0.2) is 72.8 Å². The minimum atomic E-state index is -0.307. The Morgan fingerprint density at radius 1 is 0.853 bits per heavy atom. The molecule has 0 aromatic heterocycles. The number of carbonyl (C=O) groups is 3. The van der Waals surface area contributed by atoms with Gasteiger partial charge < -0.3 is 5.32 Å². The number of hydrogen-bond acceptors (Lipinski definition) is 3. The molecule has 2 aliphatic rings. The summed E-state index contributed by atoms with van der Waals surface area (Å²) in [5.74, 6) is -0.861. The molecule has 3 aromatic carbocycles. The summed E-state index contributed by atoms with van der Waals surface area (Å²) in [5.41, 5.74) is 4.96. The summed E-state index contributed by atoms with van der Waals surface area (Å²) in [6.45, 7) is 3.96. The van der Waals surface area contributed by atoms with Gasteiger partial charge in [0.1, 0.15) is 0 Å². The van der Waals surface area contributed by atoms with Crippen LogP contribution in [0.2, 0.25) is 0 Å². The summed E-state index contributed by atoms with van der Waals surface area (Å²) >= 11 is 0. The predicted octanol–water partition coefficient (Wildman–Crippen LogP) is 5.63. The molecule has 5 heteroatoms. The molecule has 1 N–H and O–H groups in total. The molecule has 0 spiro atoms. The lowest BCUT2D eigenvalue weighted by Gasteiger charge is -2.28. The van der Waals surface area contributed by atoms with Gasteiger partial charge in [0.2, 0.25) is 11.8 Å². The lowest BCUT2D eigenvalue weighted by atomic mass is 9.73. The van der Waals surface area contributed by atoms with Gasteiger partial charge in [-0.15, -0.1) is 0 Å². The number of nitrogens with one attached hydrogen (secondary N) is 1. The van der Waals surface area contributed by atoms with Gasteiger partial charge in [-0.2, -0.15) is 0 Å². The van der Waals surface area contributed by atoms with Crippen molar-refractivity contribution in [3.63, 3.8) is 0 Å². The Balaban J connectivity index is 1.37. The summed E-state index contributed by atoms with van der Waals surface area (Å²) < 4.78 is 0. The van der Waals surface area contributed by atoms with Gasteiger partial charge in [-0.25, -0.2) is 0 Å². The van der Waals surface area contributed by atoms with Crippen molar-refractivity contribution >= 4 is 29.1 Å². The number of anilines is 2. The average molecular weight is 453 g/mol. The van der Waals surface area contributed by atoms with Gasteiger partial charge in [0.25, 0.3) is 5.91 Å². The standard InChI is InChI=1S/C29H28N2O3/c1-18-8-6-13-26(19(18)2)30-27(32)22-11-7-12-23(16-22)31-28(33)24-15-14-21(17-25(24)29(31)34)20-9-4-3-5-10-20/h3-13,16,21,24-25H,14-15,17H2,1-2H3,(H,30,32)/t21-,24+,25+/m0/s1. The van der Waals surface area contributed by atoms with E-state index >= 15 is 0 Å². The summed E-state index contributed by atoms with van der Waals surface area (Å²) in [6.07, 6.45) is 2.29. The van der Waals surface area contributed by atoms with E-state index in [1.54, 1.807) is 24.3 Å². The second kappa shape index (κ2) is 8.90. The largest absolute Gasteiger partial charge is 0.322 e. The molecule has 0 radical (unpaired) electrons. The maximum Gasteiger partial charge on any atom is 0.255 e. The van der Waals surface area contributed by atoms with Crippen LogP contribution in [-0.2, 0) is 9.59 Å². The Morgan fingerprint density at radius 3 is 2.38 bits per heavy atom. The lowest BCUT2D eigenvalue weighted by Crippen LogP contribution is -2.31. The van der Waals surface area contributed by atoms with Crippen LogP contribution in [0.4, 0.5) is 11.4 Å². The number of benzene rings is 3. The zero-order chi connectivity index (χ0) is 23.8. The van der Waals surface area contributed by atoms with Gasteiger partial charge in [0, 0.05) is 11.3 Å². The van der Waals surface area contributed by atoms with Crippen LogP contribution in [0.1, 0.15) is 52.2 Å². The number of fused-ring (bicyclic) bond motifs is 1. The smallest absolute Gasteiger partial charge is 0.255 e. The minimum absolute atomic E-state index is 0.145. The van der Waals surface area contributed by atoms with E-state index in [1.165, 1.54) is 10.5 Å². The molecule has 3 atom stereocenters. The Hall–Kier alpha value is -3.73. The van der Waals surface area contributed by atoms with Crippen molar-refractivity contribution < 1.29 is 14.4 Å². The SMILES string of the molecule is Cc1cccc(NC(=O)c2cccc(N3C(=O)[C@@H]4CC[C@H](c5ccccc5)C[C@H]4C3=O)c2)c1C. The molecule has 1 saturated heterocycles. The molecule has 5 rings (SSSR count). The van der Waals surface area contributed by atoms with E-state index in [0.717, 1.165) is 23.2 Å². The van der Waals surface area contributed by atoms with E-state index in [0.29, 0.717) is 24.1 Å². The van der Waals surface area contributed by atoms with E-state index in [-0.39, 0.29) is 35.5 Å². The number of imide groups is 1. The maximum atomic E-state index is 13.4. The summed E-state index contributed by atoms with van der Waals surface area (Å²) in [5, 5.41) is 2.95. The van der Waals surface area contributed by atoms with Crippen molar-refractivity contribution in [3.05, 3.63) is 95.1 Å². The molecule has 3 amide bonds. The molecular formula is C29H28N2O3. The molecule has 34 heavy (non-hydrogen) atoms. The van der Waals surface area contributed by atoms with E-state index < -0.39 is 0 Å². The normalized spacial score (nSPS) is 21.9. The highest BCUT2D eigenvalue weighted by Crippen LogP contribution is 2.45. The highest BCUT2D eigenvalue weighted by molar-refractivity contribution is 6.22. The first-order valence-corrected chi connectivity index (χ1v) is 11.8. The van der Waals surface area contributed by atoms with Crippen LogP contribution in [0.3, 0.4) is 0 Å². The van der Waals surface area contributed by atoms with Crippen molar-refractivity contribution in [3.8, 4) is 0 Å². The van der Waals surface area contributed by atoms with Gasteiger partial charge in [0.05, 0.1) is 17.5 Å². The quantitative estimate of drug-likeness (QED) is 0.522. The molecular weight excluding hydrogens is 424 g/mol. The molecule has 5 nitrogen and oxygen atoms in total. The Labute approximate surface area is 199 Å². The molecule has 0 unspecified atom stereocenters. The first kappa shape index (κ1) is 22.1. The van der Waals surface area contributed by atoms with Gasteiger partial charge >= 0.3 is 0 Å². The van der Waals surface area contributed by atoms with Crippen molar-refractivity contribution in [2.75, 3.05) is 10.2 Å². The molecule has 1 heterocycles. The van der Waals surface area contributed by atoms with Crippen LogP contribution in [0, 0.1) is 25.7 Å². The van der Waals surface area contributed by atoms with Gasteiger partial charge in [0.15, 0.2) is 0 Å². The first-order chi connectivity index (χ1) is 16.4. The summed E-state index contributed by atoms with van der Waals surface area (Å²) in [4.78, 5) is 40.9. The second-order valence-electron chi connectivity index (χ2n) is 9.40. The maximum absolute atomic E-state index is 13.4.